The van der Waals surface area contributed by atoms with E-state index in [-0.39, 0.29) is 23.8 Å². The van der Waals surface area contributed by atoms with Gasteiger partial charge in [0.2, 0.25) is 17.8 Å². The first-order chi connectivity index (χ1) is 9.71. The van der Waals surface area contributed by atoms with Crippen LogP contribution < -0.4 is 16.8 Å². The summed E-state index contributed by atoms with van der Waals surface area (Å²) in [4.78, 5) is 23.7. The van der Waals surface area contributed by atoms with Gasteiger partial charge in [-0.15, -0.1) is 0 Å². The Morgan fingerprint density at radius 3 is 2.29 bits per heavy atom. The van der Waals surface area contributed by atoms with Crippen LogP contribution in [0.3, 0.4) is 0 Å². The predicted molar refractivity (Wildman–Crippen MR) is 81.4 cm³/mol. The van der Waals surface area contributed by atoms with E-state index in [9.17, 15) is 4.79 Å². The molecule has 0 bridgehead atoms. The molecule has 1 aromatic heterocycles. The van der Waals surface area contributed by atoms with E-state index in [2.05, 4.69) is 20.3 Å². The Bertz CT molecular complexity index is 466. The van der Waals surface area contributed by atoms with Gasteiger partial charge in [-0.25, -0.2) is 4.79 Å². The molecule has 5 N–H and O–H groups in total. The molecule has 0 radical (unpaired) electrons. The lowest BCUT2D eigenvalue weighted by atomic mass is 10.1. The molecular weight excluding hydrogens is 272 g/mol. The van der Waals surface area contributed by atoms with Gasteiger partial charge in [0.05, 0.1) is 0 Å². The van der Waals surface area contributed by atoms with Crippen LogP contribution in [0.5, 0.6) is 0 Å². The summed E-state index contributed by atoms with van der Waals surface area (Å²) in [5.41, 5.74) is 10.5. The fraction of sp³-hybridized carbons (Fsp3) is 0.692. The first-order valence-corrected chi connectivity index (χ1v) is 6.97. The van der Waals surface area contributed by atoms with Crippen LogP contribution in [0.25, 0.3) is 0 Å². The van der Waals surface area contributed by atoms with Crippen LogP contribution >= 0.6 is 0 Å². The molecule has 1 rings (SSSR count). The lowest BCUT2D eigenvalue weighted by Gasteiger charge is -2.24. The standard InChI is InChI=1S/C13H24N6O2/c1-5-6-7-8(9(20)21-13(2,3)4)16-12-18-10(14)17-11(15)19-12/h8H,5-7H2,1-4H3,(H5,14,15,16,17,18,19). The molecule has 0 saturated carbocycles. The molecule has 0 aliphatic heterocycles. The van der Waals surface area contributed by atoms with Crippen molar-refractivity contribution in [1.29, 1.82) is 0 Å². The zero-order chi connectivity index (χ0) is 16.0. The molecule has 0 aliphatic rings. The van der Waals surface area contributed by atoms with Gasteiger partial charge in [-0.05, 0) is 27.2 Å². The molecule has 0 saturated heterocycles. The summed E-state index contributed by atoms with van der Waals surface area (Å²) < 4.78 is 5.39. The molecule has 8 heteroatoms. The summed E-state index contributed by atoms with van der Waals surface area (Å²) in [6, 6.07) is -0.551. The second-order valence-electron chi connectivity index (χ2n) is 5.75. The number of rotatable bonds is 6. The smallest absolute Gasteiger partial charge is 0.329 e. The Kier molecular flexibility index (Phi) is 5.69. The molecule has 0 aromatic carbocycles. The minimum atomic E-state index is -0.555. The maximum Gasteiger partial charge on any atom is 0.329 e. The SMILES string of the molecule is CCCCC(Nc1nc(N)nc(N)n1)C(=O)OC(C)(C)C. The molecule has 0 fully saturated rings. The first-order valence-electron chi connectivity index (χ1n) is 6.97. The van der Waals surface area contributed by atoms with E-state index in [4.69, 9.17) is 16.2 Å². The van der Waals surface area contributed by atoms with Crippen LogP contribution in [-0.2, 0) is 9.53 Å². The number of carbonyl (C=O) groups excluding carboxylic acids is 1. The molecule has 1 atom stereocenters. The highest BCUT2D eigenvalue weighted by Crippen LogP contribution is 2.15. The van der Waals surface area contributed by atoms with Crippen LogP contribution in [0.4, 0.5) is 17.8 Å². The van der Waals surface area contributed by atoms with Crippen molar-refractivity contribution in [3.8, 4) is 0 Å². The lowest BCUT2D eigenvalue weighted by molar-refractivity contribution is -0.156. The topological polar surface area (TPSA) is 129 Å². The molecular formula is C13H24N6O2. The van der Waals surface area contributed by atoms with Gasteiger partial charge in [0.15, 0.2) is 0 Å². The maximum absolute atomic E-state index is 12.2. The monoisotopic (exact) mass is 296 g/mol. The van der Waals surface area contributed by atoms with Gasteiger partial charge in [0.1, 0.15) is 11.6 Å². The van der Waals surface area contributed by atoms with Crippen molar-refractivity contribution in [2.75, 3.05) is 16.8 Å². The van der Waals surface area contributed by atoms with Gasteiger partial charge in [-0.3, -0.25) is 0 Å². The summed E-state index contributed by atoms with van der Waals surface area (Å²) in [6.45, 7) is 7.51. The van der Waals surface area contributed by atoms with E-state index >= 15 is 0 Å². The number of hydrogen-bond acceptors (Lipinski definition) is 8. The van der Waals surface area contributed by atoms with Crippen LogP contribution in [0.2, 0.25) is 0 Å². The van der Waals surface area contributed by atoms with Crippen LogP contribution in [-0.4, -0.2) is 32.6 Å². The summed E-state index contributed by atoms with van der Waals surface area (Å²) in [6.07, 6.45) is 2.44. The van der Waals surface area contributed by atoms with Crippen molar-refractivity contribution < 1.29 is 9.53 Å². The van der Waals surface area contributed by atoms with Gasteiger partial charge in [0, 0.05) is 0 Å². The Labute approximate surface area is 124 Å². The van der Waals surface area contributed by atoms with Crippen molar-refractivity contribution in [3.05, 3.63) is 0 Å². The van der Waals surface area contributed by atoms with E-state index in [1.54, 1.807) is 0 Å². The van der Waals surface area contributed by atoms with Crippen molar-refractivity contribution in [1.82, 2.24) is 15.0 Å². The number of nitrogens with two attached hydrogens (primary N) is 2. The number of aromatic nitrogens is 3. The predicted octanol–water partition coefficient (Wildman–Crippen LogP) is 1.35. The van der Waals surface area contributed by atoms with Gasteiger partial charge in [-0.1, -0.05) is 19.8 Å². The molecule has 0 aliphatic carbocycles. The van der Waals surface area contributed by atoms with Gasteiger partial charge >= 0.3 is 5.97 Å². The molecule has 0 amide bonds. The van der Waals surface area contributed by atoms with Crippen molar-refractivity contribution in [3.63, 3.8) is 0 Å². The number of ether oxygens (including phenoxy) is 1. The van der Waals surface area contributed by atoms with E-state index in [1.165, 1.54) is 0 Å². The maximum atomic E-state index is 12.2. The van der Waals surface area contributed by atoms with Gasteiger partial charge in [0.25, 0.3) is 0 Å². The summed E-state index contributed by atoms with van der Waals surface area (Å²) in [5.74, 6) is -0.174. The number of esters is 1. The van der Waals surface area contributed by atoms with Crippen LogP contribution in [0.15, 0.2) is 0 Å². The molecule has 1 aromatic rings. The van der Waals surface area contributed by atoms with Gasteiger partial charge in [-0.2, -0.15) is 15.0 Å². The molecule has 1 unspecified atom stereocenters. The number of nitrogens with one attached hydrogen (secondary N) is 1. The zero-order valence-electron chi connectivity index (χ0n) is 13.0. The minimum Gasteiger partial charge on any atom is -0.458 e. The Morgan fingerprint density at radius 1 is 1.24 bits per heavy atom. The second-order valence-corrected chi connectivity index (χ2v) is 5.75. The highest BCUT2D eigenvalue weighted by Gasteiger charge is 2.25. The van der Waals surface area contributed by atoms with E-state index in [0.717, 1.165) is 12.8 Å². The third kappa shape index (κ3) is 6.24. The molecule has 1 heterocycles. The van der Waals surface area contributed by atoms with Crippen molar-refractivity contribution >= 4 is 23.8 Å². The van der Waals surface area contributed by atoms with Crippen LogP contribution in [0, 0.1) is 0 Å². The summed E-state index contributed by atoms with van der Waals surface area (Å²) in [5, 5.41) is 2.92. The fourth-order valence-corrected chi connectivity index (χ4v) is 1.66. The molecule has 8 nitrogen and oxygen atoms in total. The molecule has 118 valence electrons. The highest BCUT2D eigenvalue weighted by atomic mass is 16.6. The quantitative estimate of drug-likeness (QED) is 0.671. The number of nitrogen functional groups attached to an aromatic ring is 2. The number of hydrogen-bond donors (Lipinski definition) is 3. The van der Waals surface area contributed by atoms with Crippen molar-refractivity contribution in [2.24, 2.45) is 0 Å². The summed E-state index contributed by atoms with van der Waals surface area (Å²) >= 11 is 0. The largest absolute Gasteiger partial charge is 0.458 e. The average Bonchev–Trinajstić information content (AvgIpc) is 2.30. The van der Waals surface area contributed by atoms with E-state index in [0.29, 0.717) is 6.42 Å². The lowest BCUT2D eigenvalue weighted by Crippen LogP contribution is -2.37. The number of nitrogens with zero attached hydrogens (tertiary/aromatic N) is 3. The third-order valence-electron chi connectivity index (χ3n) is 2.51. The normalized spacial score (nSPS) is 12.8. The molecule has 0 spiro atoms. The average molecular weight is 296 g/mol. The highest BCUT2D eigenvalue weighted by molar-refractivity contribution is 5.79. The minimum absolute atomic E-state index is 0.00318. The Morgan fingerprint density at radius 2 is 1.81 bits per heavy atom. The number of carbonyl (C=O) groups is 1. The molecule has 21 heavy (non-hydrogen) atoms. The number of anilines is 3. The van der Waals surface area contributed by atoms with Crippen LogP contribution in [0.1, 0.15) is 47.0 Å². The third-order valence-corrected chi connectivity index (χ3v) is 2.51. The fourth-order valence-electron chi connectivity index (χ4n) is 1.66. The Hall–Kier alpha value is -2.12. The second kappa shape index (κ2) is 7.05. The Balaban J connectivity index is 2.84. The first kappa shape index (κ1) is 16.9. The van der Waals surface area contributed by atoms with Crippen molar-refractivity contribution in [2.45, 2.75) is 58.6 Å². The van der Waals surface area contributed by atoms with E-state index < -0.39 is 11.6 Å². The zero-order valence-corrected chi connectivity index (χ0v) is 13.0. The summed E-state index contributed by atoms with van der Waals surface area (Å²) in [7, 11) is 0. The van der Waals surface area contributed by atoms with E-state index in [1.807, 2.05) is 27.7 Å². The number of unbranched alkanes of at least 4 members (excludes halogenated alkanes) is 1. The van der Waals surface area contributed by atoms with Gasteiger partial charge < -0.3 is 21.5 Å².